The molecule has 22 heavy (non-hydrogen) atoms. The van der Waals surface area contributed by atoms with E-state index in [4.69, 9.17) is 5.73 Å². The second-order valence-electron chi connectivity index (χ2n) is 5.55. The van der Waals surface area contributed by atoms with Crippen molar-refractivity contribution in [2.45, 2.75) is 26.3 Å². The fourth-order valence-electron chi connectivity index (χ4n) is 3.07. The molecule has 2 N–H and O–H groups in total. The van der Waals surface area contributed by atoms with E-state index in [1.807, 2.05) is 0 Å². The van der Waals surface area contributed by atoms with Gasteiger partial charge in [-0.25, -0.2) is 0 Å². The van der Waals surface area contributed by atoms with Crippen molar-refractivity contribution in [1.82, 2.24) is 4.57 Å². The molecular formula is C19H23ClN2. The van der Waals surface area contributed by atoms with Crippen molar-refractivity contribution in [1.29, 1.82) is 0 Å². The van der Waals surface area contributed by atoms with Crippen molar-refractivity contribution < 1.29 is 0 Å². The number of aryl methyl sites for hydroxylation is 1. The molecule has 0 atom stereocenters. The molecule has 0 aliphatic carbocycles. The van der Waals surface area contributed by atoms with E-state index >= 15 is 0 Å². The predicted molar refractivity (Wildman–Crippen MR) is 96.8 cm³/mol. The number of nitrogens with zero attached hydrogens (tertiary/aromatic N) is 1. The normalized spacial score (nSPS) is 10.6. The molecule has 0 radical (unpaired) electrons. The second-order valence-corrected chi connectivity index (χ2v) is 5.55. The van der Waals surface area contributed by atoms with Crippen LogP contribution in [0, 0.1) is 6.92 Å². The maximum atomic E-state index is 5.69. The van der Waals surface area contributed by atoms with Crippen molar-refractivity contribution in [3.63, 3.8) is 0 Å². The van der Waals surface area contributed by atoms with Crippen LogP contribution in [0.2, 0.25) is 0 Å². The first-order chi connectivity index (χ1) is 10.3. The van der Waals surface area contributed by atoms with Crippen LogP contribution in [0.5, 0.6) is 0 Å². The van der Waals surface area contributed by atoms with Crippen molar-refractivity contribution >= 4 is 23.3 Å². The lowest BCUT2D eigenvalue weighted by atomic mass is 10.1. The lowest BCUT2D eigenvalue weighted by Crippen LogP contribution is -2.04. The molecule has 3 aromatic rings. The summed E-state index contributed by atoms with van der Waals surface area (Å²) in [5, 5.41) is 1.37. The Bertz CT molecular complexity index is 732. The minimum absolute atomic E-state index is 0. The van der Waals surface area contributed by atoms with Crippen LogP contribution in [-0.2, 0) is 13.0 Å². The van der Waals surface area contributed by atoms with E-state index in [0.717, 1.165) is 25.9 Å². The van der Waals surface area contributed by atoms with Gasteiger partial charge in [0.05, 0.1) is 0 Å². The van der Waals surface area contributed by atoms with Gasteiger partial charge >= 0.3 is 0 Å². The van der Waals surface area contributed by atoms with Gasteiger partial charge in [-0.3, -0.25) is 0 Å². The first-order valence-electron chi connectivity index (χ1n) is 7.62. The van der Waals surface area contributed by atoms with Gasteiger partial charge in [0, 0.05) is 23.1 Å². The lowest BCUT2D eigenvalue weighted by molar-refractivity contribution is 0.777. The number of aromatic nitrogens is 1. The third kappa shape index (κ3) is 3.18. The molecule has 0 aliphatic rings. The number of fused-ring (bicyclic) bond motifs is 1. The molecule has 1 aromatic heterocycles. The van der Waals surface area contributed by atoms with Crippen LogP contribution < -0.4 is 5.73 Å². The van der Waals surface area contributed by atoms with Gasteiger partial charge < -0.3 is 10.3 Å². The molecule has 2 aromatic carbocycles. The van der Waals surface area contributed by atoms with Crippen LogP contribution >= 0.6 is 12.4 Å². The number of nitrogens with two attached hydrogens (primary N) is 1. The average Bonchev–Trinajstić information content (AvgIpc) is 2.79. The molecular weight excluding hydrogens is 292 g/mol. The van der Waals surface area contributed by atoms with Gasteiger partial charge in [-0.2, -0.15) is 0 Å². The van der Waals surface area contributed by atoms with E-state index in [0.29, 0.717) is 0 Å². The van der Waals surface area contributed by atoms with Gasteiger partial charge in [-0.15, -0.1) is 12.4 Å². The summed E-state index contributed by atoms with van der Waals surface area (Å²) >= 11 is 0. The molecule has 0 bridgehead atoms. The molecule has 0 saturated carbocycles. The van der Waals surface area contributed by atoms with Crippen LogP contribution in [0.4, 0.5) is 0 Å². The first kappa shape index (κ1) is 16.6. The molecule has 0 unspecified atom stereocenters. The third-order valence-corrected chi connectivity index (χ3v) is 4.18. The summed E-state index contributed by atoms with van der Waals surface area (Å²) < 4.78 is 2.43. The number of hydrogen-bond acceptors (Lipinski definition) is 1. The van der Waals surface area contributed by atoms with Crippen molar-refractivity contribution in [2.24, 2.45) is 5.73 Å². The number of halogens is 1. The zero-order valence-electron chi connectivity index (χ0n) is 13.0. The molecule has 3 heteroatoms. The number of hydrogen-bond donors (Lipinski definition) is 1. The molecule has 116 valence electrons. The van der Waals surface area contributed by atoms with Gasteiger partial charge in [0.15, 0.2) is 0 Å². The highest BCUT2D eigenvalue weighted by Gasteiger charge is 2.13. The second kappa shape index (κ2) is 7.48. The average molecular weight is 315 g/mol. The van der Waals surface area contributed by atoms with E-state index in [1.165, 1.54) is 27.7 Å². The monoisotopic (exact) mass is 314 g/mol. The third-order valence-electron chi connectivity index (χ3n) is 4.18. The van der Waals surface area contributed by atoms with Gasteiger partial charge in [-0.1, -0.05) is 48.5 Å². The van der Waals surface area contributed by atoms with Crippen molar-refractivity contribution in [3.05, 3.63) is 71.4 Å². The summed E-state index contributed by atoms with van der Waals surface area (Å²) in [4.78, 5) is 0. The van der Waals surface area contributed by atoms with Crippen molar-refractivity contribution in [2.75, 3.05) is 6.54 Å². The Hall–Kier alpha value is -1.77. The molecule has 0 fully saturated rings. The Balaban J connectivity index is 0.00000176. The molecule has 2 nitrogen and oxygen atoms in total. The quantitative estimate of drug-likeness (QED) is 0.747. The molecule has 0 aliphatic heterocycles. The van der Waals surface area contributed by atoms with E-state index in [1.54, 1.807) is 0 Å². The van der Waals surface area contributed by atoms with Gasteiger partial charge in [-0.05, 0) is 43.5 Å². The maximum absolute atomic E-state index is 5.69. The Morgan fingerprint density at radius 2 is 1.64 bits per heavy atom. The lowest BCUT2D eigenvalue weighted by Gasteiger charge is -2.09. The fourth-order valence-corrected chi connectivity index (χ4v) is 3.07. The SMILES string of the molecule is Cc1c(CCCN)c2ccccc2n1Cc1ccccc1.Cl. The van der Waals surface area contributed by atoms with Crippen LogP contribution in [0.15, 0.2) is 54.6 Å². The highest BCUT2D eigenvalue weighted by atomic mass is 35.5. The standard InChI is InChI=1S/C19H22N2.ClH/c1-15-17(11-7-13-20)18-10-5-6-12-19(18)21(15)14-16-8-3-2-4-9-16;/h2-6,8-10,12H,7,11,13-14,20H2,1H3;1H. The van der Waals surface area contributed by atoms with Crippen LogP contribution in [0.1, 0.15) is 23.2 Å². The smallest absolute Gasteiger partial charge is 0.0488 e. The fraction of sp³-hybridized carbons (Fsp3) is 0.263. The minimum Gasteiger partial charge on any atom is -0.340 e. The van der Waals surface area contributed by atoms with Gasteiger partial charge in [0.1, 0.15) is 0 Å². The molecule has 0 spiro atoms. The zero-order chi connectivity index (χ0) is 14.7. The van der Waals surface area contributed by atoms with E-state index in [9.17, 15) is 0 Å². The maximum Gasteiger partial charge on any atom is 0.0488 e. The van der Waals surface area contributed by atoms with E-state index in [2.05, 4.69) is 66.1 Å². The van der Waals surface area contributed by atoms with Crippen LogP contribution in [0.25, 0.3) is 10.9 Å². The summed E-state index contributed by atoms with van der Waals surface area (Å²) in [6, 6.07) is 19.3. The highest BCUT2D eigenvalue weighted by Crippen LogP contribution is 2.27. The number of rotatable bonds is 5. The minimum atomic E-state index is 0. The van der Waals surface area contributed by atoms with E-state index < -0.39 is 0 Å². The summed E-state index contributed by atoms with van der Waals surface area (Å²) in [5.41, 5.74) is 11.2. The summed E-state index contributed by atoms with van der Waals surface area (Å²) in [5.74, 6) is 0. The van der Waals surface area contributed by atoms with Crippen LogP contribution in [0.3, 0.4) is 0 Å². The van der Waals surface area contributed by atoms with Crippen molar-refractivity contribution in [3.8, 4) is 0 Å². The molecule has 0 amide bonds. The zero-order valence-corrected chi connectivity index (χ0v) is 13.8. The Morgan fingerprint density at radius 1 is 0.955 bits per heavy atom. The topological polar surface area (TPSA) is 30.9 Å². The highest BCUT2D eigenvalue weighted by molar-refractivity contribution is 5.86. The van der Waals surface area contributed by atoms with Gasteiger partial charge in [0.2, 0.25) is 0 Å². The molecule has 3 rings (SSSR count). The molecule has 0 saturated heterocycles. The number of benzene rings is 2. The first-order valence-corrected chi connectivity index (χ1v) is 7.62. The Kier molecular flexibility index (Phi) is 5.64. The largest absolute Gasteiger partial charge is 0.340 e. The summed E-state index contributed by atoms with van der Waals surface area (Å²) in [7, 11) is 0. The molecule has 1 heterocycles. The number of para-hydroxylation sites is 1. The predicted octanol–water partition coefficient (Wildman–Crippen LogP) is 4.31. The summed E-state index contributed by atoms with van der Waals surface area (Å²) in [6.45, 7) is 3.90. The van der Waals surface area contributed by atoms with Gasteiger partial charge in [0.25, 0.3) is 0 Å². The van der Waals surface area contributed by atoms with Crippen LogP contribution in [-0.4, -0.2) is 11.1 Å². The Labute approximate surface area is 138 Å². The Morgan fingerprint density at radius 3 is 2.36 bits per heavy atom. The summed E-state index contributed by atoms with van der Waals surface area (Å²) in [6.07, 6.45) is 2.10. The van der Waals surface area contributed by atoms with E-state index in [-0.39, 0.29) is 12.4 Å².